The molecular weight excluding hydrogens is 258 g/mol. The van der Waals surface area contributed by atoms with Gasteiger partial charge in [-0.15, -0.1) is 0 Å². The first-order valence-corrected chi connectivity index (χ1v) is 7.09. The molecule has 0 radical (unpaired) electrons. The van der Waals surface area contributed by atoms with Crippen LogP contribution in [0.4, 0.5) is 4.79 Å². The van der Waals surface area contributed by atoms with Gasteiger partial charge in [0.1, 0.15) is 11.9 Å². The predicted octanol–water partition coefficient (Wildman–Crippen LogP) is 2.55. The van der Waals surface area contributed by atoms with Crippen LogP contribution in [0.25, 0.3) is 0 Å². The number of carbonyl (C=O) groups excluding carboxylic acids is 2. The zero-order chi connectivity index (χ0) is 15.2. The lowest BCUT2D eigenvalue weighted by molar-refractivity contribution is -0.105. The van der Waals surface area contributed by atoms with E-state index in [9.17, 15) is 9.59 Å². The first-order valence-electron chi connectivity index (χ1n) is 7.09. The number of amides is 1. The van der Waals surface area contributed by atoms with Gasteiger partial charge in [-0.1, -0.05) is 5.57 Å². The quantitative estimate of drug-likeness (QED) is 0.587. The Morgan fingerprint density at radius 2 is 1.90 bits per heavy atom. The molecular formula is C15H25NO4. The van der Waals surface area contributed by atoms with Gasteiger partial charge < -0.3 is 14.4 Å². The van der Waals surface area contributed by atoms with E-state index in [0.29, 0.717) is 39.1 Å². The minimum Gasteiger partial charge on any atom is -0.444 e. The molecule has 0 aromatic rings. The topological polar surface area (TPSA) is 55.8 Å². The molecule has 0 saturated carbocycles. The minimum absolute atomic E-state index is 0.283. The van der Waals surface area contributed by atoms with Crippen LogP contribution in [0.5, 0.6) is 0 Å². The molecule has 1 aliphatic heterocycles. The molecule has 1 saturated heterocycles. The van der Waals surface area contributed by atoms with Crippen LogP contribution in [0.1, 0.15) is 40.5 Å². The van der Waals surface area contributed by atoms with Gasteiger partial charge in [0.2, 0.25) is 0 Å². The molecule has 5 heteroatoms. The van der Waals surface area contributed by atoms with E-state index >= 15 is 0 Å². The van der Waals surface area contributed by atoms with Gasteiger partial charge in [0.15, 0.2) is 0 Å². The highest BCUT2D eigenvalue weighted by molar-refractivity contribution is 5.75. The van der Waals surface area contributed by atoms with E-state index in [-0.39, 0.29) is 6.09 Å². The number of rotatable bonds is 4. The zero-order valence-corrected chi connectivity index (χ0v) is 12.9. The van der Waals surface area contributed by atoms with Crippen LogP contribution in [-0.4, -0.2) is 49.2 Å². The Hall–Kier alpha value is -1.36. The second-order valence-electron chi connectivity index (χ2n) is 5.85. The number of carbonyl (C=O) groups is 2. The summed E-state index contributed by atoms with van der Waals surface area (Å²) in [5, 5.41) is 0. The van der Waals surface area contributed by atoms with Crippen LogP contribution >= 0.6 is 0 Å². The molecule has 0 atom stereocenters. The van der Waals surface area contributed by atoms with Crippen LogP contribution in [0.3, 0.4) is 0 Å². The van der Waals surface area contributed by atoms with Crippen molar-refractivity contribution in [2.24, 2.45) is 0 Å². The molecule has 0 aliphatic carbocycles. The SMILES string of the molecule is CCOCC(C=O)=C1CCN(C(=O)OC(C)(C)C)CC1. The molecule has 5 nitrogen and oxygen atoms in total. The summed E-state index contributed by atoms with van der Waals surface area (Å²) >= 11 is 0. The molecule has 1 fully saturated rings. The van der Waals surface area contributed by atoms with E-state index in [1.807, 2.05) is 27.7 Å². The van der Waals surface area contributed by atoms with Crippen molar-refractivity contribution >= 4 is 12.4 Å². The van der Waals surface area contributed by atoms with Crippen LogP contribution in [0, 0.1) is 0 Å². The summed E-state index contributed by atoms with van der Waals surface area (Å²) in [5.41, 5.74) is 1.33. The molecule has 1 rings (SSSR count). The summed E-state index contributed by atoms with van der Waals surface area (Å²) in [6, 6.07) is 0. The van der Waals surface area contributed by atoms with E-state index in [0.717, 1.165) is 17.4 Å². The Kier molecular flexibility index (Phi) is 6.20. The van der Waals surface area contributed by atoms with Crippen molar-refractivity contribution in [2.45, 2.75) is 46.1 Å². The second-order valence-corrected chi connectivity index (χ2v) is 5.85. The molecule has 0 spiro atoms. The third-order valence-corrected chi connectivity index (χ3v) is 3.08. The minimum atomic E-state index is -0.476. The Bertz CT molecular complexity index is 372. The number of hydrogen-bond donors (Lipinski definition) is 0. The van der Waals surface area contributed by atoms with Gasteiger partial charge >= 0.3 is 6.09 Å². The van der Waals surface area contributed by atoms with Gasteiger partial charge in [0, 0.05) is 25.3 Å². The molecule has 0 aromatic heterocycles. The molecule has 0 N–H and O–H groups in total. The van der Waals surface area contributed by atoms with E-state index in [1.54, 1.807) is 4.90 Å². The standard InChI is InChI=1S/C15H25NO4/c1-5-19-11-13(10-17)12-6-8-16(9-7-12)14(18)20-15(2,3)4/h10H,5-9,11H2,1-4H3. The highest BCUT2D eigenvalue weighted by atomic mass is 16.6. The molecule has 20 heavy (non-hydrogen) atoms. The van der Waals surface area contributed by atoms with E-state index < -0.39 is 5.60 Å². The van der Waals surface area contributed by atoms with Crippen molar-refractivity contribution in [3.63, 3.8) is 0 Å². The maximum atomic E-state index is 11.9. The summed E-state index contributed by atoms with van der Waals surface area (Å²) in [6.07, 6.45) is 2.00. The monoisotopic (exact) mass is 283 g/mol. The summed E-state index contributed by atoms with van der Waals surface area (Å²) in [5.74, 6) is 0. The Labute approximate surface area is 120 Å². The highest BCUT2D eigenvalue weighted by Gasteiger charge is 2.25. The summed E-state index contributed by atoms with van der Waals surface area (Å²) < 4.78 is 10.6. The van der Waals surface area contributed by atoms with Crippen molar-refractivity contribution < 1.29 is 19.1 Å². The van der Waals surface area contributed by atoms with Gasteiger partial charge in [-0.25, -0.2) is 4.79 Å². The molecule has 0 bridgehead atoms. The maximum Gasteiger partial charge on any atom is 0.410 e. The number of nitrogens with zero attached hydrogens (tertiary/aromatic N) is 1. The van der Waals surface area contributed by atoms with Gasteiger partial charge in [-0.05, 0) is 40.5 Å². The second kappa shape index (κ2) is 7.43. The van der Waals surface area contributed by atoms with Crippen LogP contribution < -0.4 is 0 Å². The third-order valence-electron chi connectivity index (χ3n) is 3.08. The number of ether oxygens (including phenoxy) is 2. The molecule has 1 amide bonds. The Morgan fingerprint density at radius 1 is 1.30 bits per heavy atom. The van der Waals surface area contributed by atoms with Crippen LogP contribution in [0.15, 0.2) is 11.1 Å². The maximum absolute atomic E-state index is 11.9. The number of hydrogen-bond acceptors (Lipinski definition) is 4. The van der Waals surface area contributed by atoms with Crippen molar-refractivity contribution in [3.05, 3.63) is 11.1 Å². The Balaban J connectivity index is 2.56. The van der Waals surface area contributed by atoms with E-state index in [4.69, 9.17) is 9.47 Å². The number of aldehydes is 1. The summed E-state index contributed by atoms with van der Waals surface area (Å²) in [6.45, 7) is 9.60. The summed E-state index contributed by atoms with van der Waals surface area (Å²) in [4.78, 5) is 24.7. The number of likely N-dealkylation sites (tertiary alicyclic amines) is 1. The molecule has 114 valence electrons. The van der Waals surface area contributed by atoms with Gasteiger partial charge in [-0.3, -0.25) is 4.79 Å². The smallest absolute Gasteiger partial charge is 0.410 e. The first kappa shape index (κ1) is 16.7. The molecule has 1 heterocycles. The normalized spacial score (nSPS) is 16.0. The largest absolute Gasteiger partial charge is 0.444 e. The fraction of sp³-hybridized carbons (Fsp3) is 0.733. The average Bonchev–Trinajstić information content (AvgIpc) is 2.38. The average molecular weight is 283 g/mol. The van der Waals surface area contributed by atoms with Crippen molar-refractivity contribution in [1.29, 1.82) is 0 Å². The fourth-order valence-corrected chi connectivity index (χ4v) is 2.04. The molecule has 1 aliphatic rings. The summed E-state index contributed by atoms with van der Waals surface area (Å²) in [7, 11) is 0. The van der Waals surface area contributed by atoms with E-state index in [1.165, 1.54) is 0 Å². The predicted molar refractivity (Wildman–Crippen MR) is 76.6 cm³/mol. The Morgan fingerprint density at radius 3 is 2.35 bits per heavy atom. The number of piperidine rings is 1. The third kappa shape index (κ3) is 5.33. The lowest BCUT2D eigenvalue weighted by Crippen LogP contribution is -2.40. The molecule has 0 aromatic carbocycles. The van der Waals surface area contributed by atoms with Gasteiger partial charge in [-0.2, -0.15) is 0 Å². The lowest BCUT2D eigenvalue weighted by atomic mass is 9.99. The van der Waals surface area contributed by atoms with Crippen LogP contribution in [0.2, 0.25) is 0 Å². The zero-order valence-electron chi connectivity index (χ0n) is 12.9. The van der Waals surface area contributed by atoms with Gasteiger partial charge in [0.05, 0.1) is 6.61 Å². The van der Waals surface area contributed by atoms with E-state index in [2.05, 4.69) is 0 Å². The van der Waals surface area contributed by atoms with Crippen molar-refractivity contribution in [2.75, 3.05) is 26.3 Å². The van der Waals surface area contributed by atoms with Gasteiger partial charge in [0.25, 0.3) is 0 Å². The van der Waals surface area contributed by atoms with Crippen molar-refractivity contribution in [3.8, 4) is 0 Å². The van der Waals surface area contributed by atoms with Crippen LogP contribution in [-0.2, 0) is 14.3 Å². The molecule has 0 unspecified atom stereocenters. The fourth-order valence-electron chi connectivity index (χ4n) is 2.04. The highest BCUT2D eigenvalue weighted by Crippen LogP contribution is 2.21. The lowest BCUT2D eigenvalue weighted by Gasteiger charge is -2.31. The first-order chi connectivity index (χ1) is 9.37. The van der Waals surface area contributed by atoms with Crippen molar-refractivity contribution in [1.82, 2.24) is 4.90 Å².